The van der Waals surface area contributed by atoms with Crippen molar-refractivity contribution in [1.29, 1.82) is 0 Å². The number of nitrogens with one attached hydrogen (secondary N) is 1. The lowest BCUT2D eigenvalue weighted by molar-refractivity contribution is -0.132. The van der Waals surface area contributed by atoms with E-state index < -0.39 is 0 Å². The van der Waals surface area contributed by atoms with Crippen molar-refractivity contribution in [2.24, 2.45) is 0 Å². The maximum Gasteiger partial charge on any atom is 0.256 e. The van der Waals surface area contributed by atoms with Gasteiger partial charge in [0.2, 0.25) is 5.91 Å². The van der Waals surface area contributed by atoms with E-state index in [2.05, 4.69) is 5.32 Å². The Bertz CT molecular complexity index is 923. The molecule has 2 atom stereocenters. The third-order valence-corrected chi connectivity index (χ3v) is 5.95. The highest BCUT2D eigenvalue weighted by atomic mass is 19.1. The van der Waals surface area contributed by atoms with Crippen molar-refractivity contribution in [3.05, 3.63) is 59.4 Å². The quantitative estimate of drug-likeness (QED) is 0.812. The minimum absolute atomic E-state index is 0.0468. The molecule has 0 radical (unpaired) electrons. The highest BCUT2D eigenvalue weighted by molar-refractivity contribution is 5.98. The molecule has 2 heterocycles. The molecule has 0 aromatic heterocycles. The van der Waals surface area contributed by atoms with Gasteiger partial charge in [-0.1, -0.05) is 12.1 Å². The summed E-state index contributed by atoms with van der Waals surface area (Å²) in [5.74, 6) is -0.812. The van der Waals surface area contributed by atoms with E-state index in [0.717, 1.165) is 48.9 Å². The van der Waals surface area contributed by atoms with Gasteiger partial charge in [0.25, 0.3) is 5.91 Å². The van der Waals surface area contributed by atoms with Crippen LogP contribution in [0.1, 0.15) is 49.7 Å². The van der Waals surface area contributed by atoms with Crippen LogP contribution in [-0.4, -0.2) is 31.1 Å². The number of carbonyl (C=O) groups is 2. The SMILES string of the molecule is C[C@H](C(=O)Nc1ccc(F)cc1)c1ccc2c(c1)CCCN2C(=O)[C@H]1CCCCO1. The lowest BCUT2D eigenvalue weighted by atomic mass is 9.93. The molecule has 1 saturated heterocycles. The van der Waals surface area contributed by atoms with Crippen molar-refractivity contribution >= 4 is 23.2 Å². The molecule has 0 spiro atoms. The molecule has 0 bridgehead atoms. The third-order valence-electron chi connectivity index (χ3n) is 5.95. The predicted molar refractivity (Wildman–Crippen MR) is 114 cm³/mol. The first kappa shape index (κ1) is 20.5. The molecule has 2 aromatic carbocycles. The Balaban J connectivity index is 1.49. The molecule has 2 amide bonds. The van der Waals surface area contributed by atoms with Crippen LogP contribution in [0.5, 0.6) is 0 Å². The van der Waals surface area contributed by atoms with E-state index in [1.807, 2.05) is 30.0 Å². The summed E-state index contributed by atoms with van der Waals surface area (Å²) in [6.07, 6.45) is 4.25. The van der Waals surface area contributed by atoms with Crippen LogP contribution in [0.25, 0.3) is 0 Å². The van der Waals surface area contributed by atoms with E-state index in [1.54, 1.807) is 12.1 Å². The molecule has 2 aromatic rings. The van der Waals surface area contributed by atoms with Gasteiger partial charge in [-0.05, 0) is 80.5 Å². The summed E-state index contributed by atoms with van der Waals surface area (Å²) in [5.41, 5.74) is 3.48. The van der Waals surface area contributed by atoms with Gasteiger partial charge in [-0.2, -0.15) is 0 Å². The second kappa shape index (κ2) is 8.96. The van der Waals surface area contributed by atoms with Gasteiger partial charge in [-0.15, -0.1) is 0 Å². The number of nitrogens with zero attached hydrogens (tertiary/aromatic N) is 1. The molecule has 0 aliphatic carbocycles. The monoisotopic (exact) mass is 410 g/mol. The van der Waals surface area contributed by atoms with E-state index in [4.69, 9.17) is 4.74 Å². The number of rotatable bonds is 4. The predicted octanol–water partition coefficient (Wildman–Crippen LogP) is 4.42. The topological polar surface area (TPSA) is 58.6 Å². The number of carbonyl (C=O) groups excluding carboxylic acids is 2. The van der Waals surface area contributed by atoms with Gasteiger partial charge in [0.05, 0.1) is 5.92 Å². The second-order valence-electron chi connectivity index (χ2n) is 8.05. The molecule has 4 rings (SSSR count). The summed E-state index contributed by atoms with van der Waals surface area (Å²) < 4.78 is 18.8. The van der Waals surface area contributed by atoms with Crippen LogP contribution in [0.4, 0.5) is 15.8 Å². The van der Waals surface area contributed by atoms with E-state index in [0.29, 0.717) is 18.8 Å². The Hall–Kier alpha value is -2.73. The fraction of sp³-hybridized carbons (Fsp3) is 0.417. The van der Waals surface area contributed by atoms with E-state index in [-0.39, 0.29) is 29.7 Å². The van der Waals surface area contributed by atoms with E-state index in [1.165, 1.54) is 12.1 Å². The van der Waals surface area contributed by atoms with E-state index >= 15 is 0 Å². The van der Waals surface area contributed by atoms with Crippen LogP contribution >= 0.6 is 0 Å². The summed E-state index contributed by atoms with van der Waals surface area (Å²) in [4.78, 5) is 27.5. The average molecular weight is 410 g/mol. The van der Waals surface area contributed by atoms with Gasteiger partial charge in [0.15, 0.2) is 0 Å². The van der Waals surface area contributed by atoms with Crippen molar-refractivity contribution < 1.29 is 18.7 Å². The average Bonchev–Trinajstić information content (AvgIpc) is 2.79. The van der Waals surface area contributed by atoms with Crippen molar-refractivity contribution in [3.8, 4) is 0 Å². The van der Waals surface area contributed by atoms with Gasteiger partial charge in [0, 0.05) is 24.5 Å². The van der Waals surface area contributed by atoms with Crippen molar-refractivity contribution in [2.75, 3.05) is 23.4 Å². The fourth-order valence-electron chi connectivity index (χ4n) is 4.16. The summed E-state index contributed by atoms with van der Waals surface area (Å²) in [7, 11) is 0. The van der Waals surface area contributed by atoms with Gasteiger partial charge >= 0.3 is 0 Å². The number of fused-ring (bicyclic) bond motifs is 1. The Kier molecular flexibility index (Phi) is 6.13. The fourth-order valence-corrected chi connectivity index (χ4v) is 4.16. The van der Waals surface area contributed by atoms with Crippen LogP contribution in [0.15, 0.2) is 42.5 Å². The van der Waals surface area contributed by atoms with Gasteiger partial charge in [0.1, 0.15) is 11.9 Å². The molecular formula is C24H27FN2O3. The number of benzene rings is 2. The molecule has 2 aliphatic heterocycles. The highest BCUT2D eigenvalue weighted by Crippen LogP contribution is 2.32. The van der Waals surface area contributed by atoms with Crippen molar-refractivity contribution in [2.45, 2.75) is 51.0 Å². The molecular weight excluding hydrogens is 383 g/mol. The Morgan fingerprint density at radius 3 is 2.67 bits per heavy atom. The molecule has 2 aliphatic rings. The first-order chi connectivity index (χ1) is 14.5. The van der Waals surface area contributed by atoms with Gasteiger partial charge in [-0.25, -0.2) is 4.39 Å². The first-order valence-electron chi connectivity index (χ1n) is 10.6. The Labute approximate surface area is 176 Å². The smallest absolute Gasteiger partial charge is 0.256 e. The minimum Gasteiger partial charge on any atom is -0.368 e. The highest BCUT2D eigenvalue weighted by Gasteiger charge is 2.31. The molecule has 0 saturated carbocycles. The van der Waals surface area contributed by atoms with Crippen molar-refractivity contribution in [1.82, 2.24) is 0 Å². The standard InChI is InChI=1S/C24H27FN2O3/c1-16(23(28)26-20-10-8-19(25)9-11-20)17-7-12-21-18(15-17)5-4-13-27(21)24(29)22-6-2-3-14-30-22/h7-12,15-16,22H,2-6,13-14H2,1H3,(H,26,28)/t16-,22+/m0/s1. The third kappa shape index (κ3) is 4.38. The molecule has 6 heteroatoms. The number of anilines is 2. The number of hydrogen-bond donors (Lipinski definition) is 1. The number of aryl methyl sites for hydroxylation is 1. The van der Waals surface area contributed by atoms with Crippen LogP contribution in [0.3, 0.4) is 0 Å². The van der Waals surface area contributed by atoms with Gasteiger partial charge < -0.3 is 15.0 Å². The van der Waals surface area contributed by atoms with Crippen LogP contribution < -0.4 is 10.2 Å². The lowest BCUT2D eigenvalue weighted by Gasteiger charge is -2.34. The summed E-state index contributed by atoms with van der Waals surface area (Å²) >= 11 is 0. The number of hydrogen-bond acceptors (Lipinski definition) is 3. The molecule has 158 valence electrons. The molecule has 1 fully saturated rings. The summed E-state index contributed by atoms with van der Waals surface area (Å²) in [6.45, 7) is 3.20. The van der Waals surface area contributed by atoms with Crippen LogP contribution in [0.2, 0.25) is 0 Å². The minimum atomic E-state index is -0.367. The van der Waals surface area contributed by atoms with Crippen molar-refractivity contribution in [3.63, 3.8) is 0 Å². The number of amides is 2. The number of halogens is 1. The maximum atomic E-state index is 13.1. The zero-order valence-corrected chi connectivity index (χ0v) is 17.2. The normalized spacial score (nSPS) is 19.7. The second-order valence-corrected chi connectivity index (χ2v) is 8.05. The zero-order chi connectivity index (χ0) is 21.1. The molecule has 30 heavy (non-hydrogen) atoms. The molecule has 5 nitrogen and oxygen atoms in total. The van der Waals surface area contributed by atoms with E-state index in [9.17, 15) is 14.0 Å². The van der Waals surface area contributed by atoms with Crippen LogP contribution in [0, 0.1) is 5.82 Å². The Morgan fingerprint density at radius 1 is 1.13 bits per heavy atom. The van der Waals surface area contributed by atoms with Crippen LogP contribution in [-0.2, 0) is 20.7 Å². The molecule has 1 N–H and O–H groups in total. The zero-order valence-electron chi connectivity index (χ0n) is 17.2. The van der Waals surface area contributed by atoms with Gasteiger partial charge in [-0.3, -0.25) is 9.59 Å². The lowest BCUT2D eigenvalue weighted by Crippen LogP contribution is -2.44. The Morgan fingerprint density at radius 2 is 1.93 bits per heavy atom. The largest absolute Gasteiger partial charge is 0.368 e. The maximum absolute atomic E-state index is 13.1. The summed E-state index contributed by atoms with van der Waals surface area (Å²) in [6, 6.07) is 11.6. The molecule has 0 unspecified atom stereocenters. The first-order valence-corrected chi connectivity index (χ1v) is 10.6. The summed E-state index contributed by atoms with van der Waals surface area (Å²) in [5, 5.41) is 2.83. The number of ether oxygens (including phenoxy) is 1.